The van der Waals surface area contributed by atoms with Gasteiger partial charge in [-0.05, 0) is 36.8 Å². The van der Waals surface area contributed by atoms with Crippen molar-refractivity contribution < 1.29 is 18.7 Å². The molecule has 0 aliphatic carbocycles. The molecule has 2 heterocycles. The zero-order chi connectivity index (χ0) is 20.1. The topological polar surface area (TPSA) is 61.9 Å². The van der Waals surface area contributed by atoms with Crippen LogP contribution < -0.4 is 10.1 Å². The molecule has 0 radical (unpaired) electrons. The van der Waals surface area contributed by atoms with Crippen molar-refractivity contribution in [2.45, 2.75) is 13.5 Å². The summed E-state index contributed by atoms with van der Waals surface area (Å²) in [7, 11) is 1.44. The number of thiophene rings is 1. The minimum absolute atomic E-state index is 0.000524. The highest BCUT2D eigenvalue weighted by Crippen LogP contribution is 2.19. The summed E-state index contributed by atoms with van der Waals surface area (Å²) in [4.78, 5) is 30.0. The van der Waals surface area contributed by atoms with Crippen molar-refractivity contribution in [3.05, 3.63) is 51.5 Å². The van der Waals surface area contributed by atoms with E-state index in [-0.39, 0.29) is 29.9 Å². The van der Waals surface area contributed by atoms with Gasteiger partial charge in [0.15, 0.2) is 11.6 Å². The highest BCUT2D eigenvalue weighted by atomic mass is 32.1. The predicted molar refractivity (Wildman–Crippen MR) is 106 cm³/mol. The molecule has 8 heteroatoms. The average molecular weight is 405 g/mol. The molecule has 6 nitrogen and oxygen atoms in total. The summed E-state index contributed by atoms with van der Waals surface area (Å²) in [6.45, 7) is 5.15. The number of piperazine rings is 1. The first-order valence-corrected chi connectivity index (χ1v) is 9.95. The fourth-order valence-corrected chi connectivity index (χ4v) is 3.92. The number of carbonyl (C=O) groups is 2. The molecule has 2 amide bonds. The van der Waals surface area contributed by atoms with Crippen molar-refractivity contribution in [2.75, 3.05) is 39.8 Å². The lowest BCUT2D eigenvalue weighted by Gasteiger charge is -2.34. The molecule has 1 aliphatic heterocycles. The number of hydrogen-bond donors (Lipinski definition) is 1. The maximum atomic E-state index is 13.8. The molecular weight excluding hydrogens is 381 g/mol. The Kier molecular flexibility index (Phi) is 6.64. The molecule has 1 N–H and O–H groups in total. The average Bonchev–Trinajstić information content (AvgIpc) is 3.13. The summed E-state index contributed by atoms with van der Waals surface area (Å²) in [5.74, 6) is -0.437. The van der Waals surface area contributed by atoms with Gasteiger partial charge < -0.3 is 15.0 Å². The Morgan fingerprint density at radius 3 is 2.54 bits per heavy atom. The van der Waals surface area contributed by atoms with E-state index in [1.807, 2.05) is 19.1 Å². The van der Waals surface area contributed by atoms with Crippen LogP contribution in [0.15, 0.2) is 30.3 Å². The predicted octanol–water partition coefficient (Wildman–Crippen LogP) is 2.28. The first-order valence-electron chi connectivity index (χ1n) is 9.13. The van der Waals surface area contributed by atoms with Crippen molar-refractivity contribution >= 4 is 23.2 Å². The van der Waals surface area contributed by atoms with Gasteiger partial charge in [-0.3, -0.25) is 14.5 Å². The Morgan fingerprint density at radius 2 is 1.93 bits per heavy atom. The summed E-state index contributed by atoms with van der Waals surface area (Å²) >= 11 is 1.41. The van der Waals surface area contributed by atoms with E-state index in [1.165, 1.54) is 24.5 Å². The van der Waals surface area contributed by atoms with Crippen molar-refractivity contribution in [1.29, 1.82) is 0 Å². The Hall–Kier alpha value is -2.45. The third-order valence-corrected chi connectivity index (χ3v) is 5.71. The number of amides is 2. The second kappa shape index (κ2) is 9.16. The van der Waals surface area contributed by atoms with Gasteiger partial charge in [-0.2, -0.15) is 0 Å². The molecule has 0 saturated carbocycles. The van der Waals surface area contributed by atoms with E-state index in [9.17, 15) is 14.0 Å². The number of methoxy groups -OCH3 is 1. The Labute approximate surface area is 167 Å². The molecule has 1 fully saturated rings. The van der Waals surface area contributed by atoms with Gasteiger partial charge in [0.25, 0.3) is 5.91 Å². The number of aryl methyl sites for hydroxylation is 1. The molecule has 0 spiro atoms. The zero-order valence-corrected chi connectivity index (χ0v) is 16.9. The summed E-state index contributed by atoms with van der Waals surface area (Å²) in [5, 5.41) is 2.69. The van der Waals surface area contributed by atoms with Crippen LogP contribution in [0.3, 0.4) is 0 Å². The molecule has 1 aliphatic rings. The van der Waals surface area contributed by atoms with E-state index in [0.29, 0.717) is 37.6 Å². The van der Waals surface area contributed by atoms with Gasteiger partial charge >= 0.3 is 0 Å². The standard InChI is InChI=1S/C20H24FN3O3S/c1-14-3-6-18(28-14)20(26)22-12-19(25)24-9-7-23(8-10-24)13-15-4-5-17(27-2)16(21)11-15/h3-6,11H,7-10,12-13H2,1-2H3,(H,22,26). The van der Waals surface area contributed by atoms with Gasteiger partial charge in [0.05, 0.1) is 18.5 Å². The van der Waals surface area contributed by atoms with Crippen molar-refractivity contribution in [1.82, 2.24) is 15.1 Å². The SMILES string of the molecule is COc1ccc(CN2CCN(C(=O)CNC(=O)c3ccc(C)s3)CC2)cc1F. The van der Waals surface area contributed by atoms with Gasteiger partial charge in [0.1, 0.15) is 0 Å². The molecule has 0 unspecified atom stereocenters. The summed E-state index contributed by atoms with van der Waals surface area (Å²) in [6.07, 6.45) is 0. The van der Waals surface area contributed by atoms with Crippen molar-refractivity contribution in [3.8, 4) is 5.75 Å². The van der Waals surface area contributed by atoms with E-state index in [4.69, 9.17) is 4.74 Å². The number of halogens is 1. The monoisotopic (exact) mass is 405 g/mol. The number of rotatable bonds is 6. The number of nitrogens with one attached hydrogen (secondary N) is 1. The van der Waals surface area contributed by atoms with Crippen LogP contribution in [0.2, 0.25) is 0 Å². The van der Waals surface area contributed by atoms with Crippen LogP contribution in [0.4, 0.5) is 4.39 Å². The smallest absolute Gasteiger partial charge is 0.261 e. The van der Waals surface area contributed by atoms with E-state index in [1.54, 1.807) is 17.0 Å². The number of hydrogen-bond acceptors (Lipinski definition) is 5. The third-order valence-electron chi connectivity index (χ3n) is 4.71. The highest BCUT2D eigenvalue weighted by Gasteiger charge is 2.22. The van der Waals surface area contributed by atoms with Crippen LogP contribution in [0.5, 0.6) is 5.75 Å². The van der Waals surface area contributed by atoms with Gasteiger partial charge in [-0.15, -0.1) is 11.3 Å². The first kappa shape index (κ1) is 20.3. The molecular formula is C20H24FN3O3S. The van der Waals surface area contributed by atoms with Gasteiger partial charge in [-0.25, -0.2) is 4.39 Å². The fraction of sp³-hybridized carbons (Fsp3) is 0.400. The minimum Gasteiger partial charge on any atom is -0.494 e. The summed E-state index contributed by atoms with van der Waals surface area (Å²) in [5.41, 5.74) is 0.872. The number of ether oxygens (including phenoxy) is 1. The van der Waals surface area contributed by atoms with Crippen LogP contribution >= 0.6 is 11.3 Å². The third kappa shape index (κ3) is 5.08. The zero-order valence-electron chi connectivity index (χ0n) is 16.0. The molecule has 1 aromatic carbocycles. The Bertz CT molecular complexity index is 847. The number of benzene rings is 1. The largest absolute Gasteiger partial charge is 0.494 e. The van der Waals surface area contributed by atoms with Gasteiger partial charge in [0, 0.05) is 37.6 Å². The maximum Gasteiger partial charge on any atom is 0.261 e. The lowest BCUT2D eigenvalue weighted by atomic mass is 10.2. The quantitative estimate of drug-likeness (QED) is 0.801. The summed E-state index contributed by atoms with van der Waals surface area (Å²) < 4.78 is 18.8. The van der Waals surface area contributed by atoms with E-state index in [0.717, 1.165) is 10.4 Å². The molecule has 0 bridgehead atoms. The summed E-state index contributed by atoms with van der Waals surface area (Å²) in [6, 6.07) is 8.61. The van der Waals surface area contributed by atoms with Crippen LogP contribution in [0.1, 0.15) is 20.1 Å². The van der Waals surface area contributed by atoms with Crippen LogP contribution in [0, 0.1) is 12.7 Å². The van der Waals surface area contributed by atoms with Crippen LogP contribution in [-0.4, -0.2) is 61.4 Å². The molecule has 2 aromatic rings. The molecule has 150 valence electrons. The normalized spacial score (nSPS) is 14.8. The van der Waals surface area contributed by atoms with Gasteiger partial charge in [0.2, 0.25) is 5.91 Å². The van der Waals surface area contributed by atoms with E-state index >= 15 is 0 Å². The molecule has 0 atom stereocenters. The fourth-order valence-electron chi connectivity index (χ4n) is 3.13. The maximum absolute atomic E-state index is 13.8. The lowest BCUT2D eigenvalue weighted by molar-refractivity contribution is -0.131. The van der Waals surface area contributed by atoms with Gasteiger partial charge in [-0.1, -0.05) is 6.07 Å². The van der Waals surface area contributed by atoms with Crippen molar-refractivity contribution in [3.63, 3.8) is 0 Å². The second-order valence-corrected chi connectivity index (χ2v) is 8.01. The minimum atomic E-state index is -0.370. The Morgan fingerprint density at radius 1 is 1.18 bits per heavy atom. The first-order chi connectivity index (χ1) is 13.5. The van der Waals surface area contributed by atoms with E-state index in [2.05, 4.69) is 10.2 Å². The molecule has 1 aromatic heterocycles. The Balaban J connectivity index is 1.43. The van der Waals surface area contributed by atoms with Crippen molar-refractivity contribution in [2.24, 2.45) is 0 Å². The van der Waals surface area contributed by atoms with Crippen LogP contribution in [0.25, 0.3) is 0 Å². The number of nitrogens with zero attached hydrogens (tertiary/aromatic N) is 2. The van der Waals surface area contributed by atoms with E-state index < -0.39 is 0 Å². The van der Waals surface area contributed by atoms with Crippen LogP contribution in [-0.2, 0) is 11.3 Å². The second-order valence-electron chi connectivity index (χ2n) is 6.72. The molecule has 3 rings (SSSR count). The highest BCUT2D eigenvalue weighted by molar-refractivity contribution is 7.13. The molecule has 1 saturated heterocycles. The lowest BCUT2D eigenvalue weighted by Crippen LogP contribution is -2.50. The molecule has 28 heavy (non-hydrogen) atoms. The number of carbonyl (C=O) groups excluding carboxylic acids is 2.